The number of nitrogens with zero attached hydrogens (tertiary/aromatic N) is 1. The molecule has 2 rings (SSSR count). The Morgan fingerprint density at radius 2 is 1.43 bits per heavy atom. The fraction of sp³-hybridized carbons (Fsp3) is 0.618. The van der Waals surface area contributed by atoms with Gasteiger partial charge < -0.3 is 53.0 Å². The van der Waals surface area contributed by atoms with Crippen molar-refractivity contribution < 1.29 is 48.9 Å². The Bertz CT molecular complexity index is 1380. The molecule has 0 aromatic heterocycles. The van der Waals surface area contributed by atoms with Crippen LogP contribution >= 0.6 is 0 Å². The number of aromatic hydroxyl groups is 1. The van der Waals surface area contributed by atoms with Gasteiger partial charge in [-0.1, -0.05) is 32.4 Å². The largest absolute Gasteiger partial charge is 0.508 e. The van der Waals surface area contributed by atoms with Crippen LogP contribution in [0, 0.1) is 5.92 Å². The van der Waals surface area contributed by atoms with Crippen LogP contribution in [0.25, 0.3) is 0 Å². The first-order valence-corrected chi connectivity index (χ1v) is 17.3. The molecule has 17 nitrogen and oxygen atoms in total. The summed E-state index contributed by atoms with van der Waals surface area (Å²) in [5, 5.41) is 38.9. The third-order valence-electron chi connectivity index (χ3n) is 8.98. The highest BCUT2D eigenvalue weighted by molar-refractivity contribution is 5.96. The second-order valence-corrected chi connectivity index (χ2v) is 12.9. The number of carboxylic acids is 2. The lowest BCUT2D eigenvalue weighted by molar-refractivity contribution is -0.149. The Kier molecular flexibility index (Phi) is 17.3. The Labute approximate surface area is 297 Å². The first kappa shape index (κ1) is 42.4. The molecule has 7 atom stereocenters. The molecular formula is C34H53N7O10. The Hall–Kier alpha value is -4.77. The molecule has 0 spiro atoms. The molecule has 0 unspecified atom stereocenters. The molecule has 11 N–H and O–H groups in total. The highest BCUT2D eigenvalue weighted by Gasteiger charge is 2.39. The Balaban J connectivity index is 2.31. The number of carbonyl (C=O) groups is 7. The molecule has 51 heavy (non-hydrogen) atoms. The lowest BCUT2D eigenvalue weighted by Gasteiger charge is -2.29. The molecule has 17 heteroatoms. The second kappa shape index (κ2) is 20.8. The van der Waals surface area contributed by atoms with Crippen LogP contribution in [0.1, 0.15) is 77.7 Å². The number of unbranched alkanes of at least 4 members (excludes halogenated alkanes) is 1. The summed E-state index contributed by atoms with van der Waals surface area (Å²) < 4.78 is 0. The number of phenolic OH excluding ortho intramolecular Hbond substituents is 1. The van der Waals surface area contributed by atoms with Crippen LogP contribution in [-0.4, -0.2) is 111 Å². The molecule has 284 valence electrons. The summed E-state index contributed by atoms with van der Waals surface area (Å²) in [6, 6.07) is -1.10. The predicted octanol–water partition coefficient (Wildman–Crippen LogP) is -0.663. The number of rotatable bonds is 21. The number of likely N-dealkylation sites (tertiary alicyclic amines) is 1. The van der Waals surface area contributed by atoms with Crippen LogP contribution in [0.2, 0.25) is 0 Å². The summed E-state index contributed by atoms with van der Waals surface area (Å²) in [6.45, 7) is 5.48. The zero-order valence-electron chi connectivity index (χ0n) is 29.4. The van der Waals surface area contributed by atoms with Crippen molar-refractivity contribution in [1.29, 1.82) is 0 Å². The Morgan fingerprint density at radius 1 is 0.843 bits per heavy atom. The number of nitrogens with two attached hydrogens (primary N) is 2. The van der Waals surface area contributed by atoms with E-state index in [0.717, 1.165) is 0 Å². The number of benzene rings is 1. The molecule has 1 fully saturated rings. The van der Waals surface area contributed by atoms with Crippen molar-refractivity contribution in [2.75, 3.05) is 13.1 Å². The number of amides is 5. The molecule has 1 saturated heterocycles. The molecule has 1 heterocycles. The van der Waals surface area contributed by atoms with Crippen LogP contribution < -0.4 is 32.7 Å². The predicted molar refractivity (Wildman–Crippen MR) is 185 cm³/mol. The molecule has 0 bridgehead atoms. The summed E-state index contributed by atoms with van der Waals surface area (Å²) in [6.07, 6.45) is 1.35. The lowest BCUT2D eigenvalue weighted by atomic mass is 9.99. The van der Waals surface area contributed by atoms with Crippen LogP contribution in [0.3, 0.4) is 0 Å². The number of aliphatic carboxylic acids is 2. The molecule has 1 aromatic rings. The van der Waals surface area contributed by atoms with Gasteiger partial charge in [0.1, 0.15) is 36.0 Å². The van der Waals surface area contributed by atoms with Crippen molar-refractivity contribution in [3.8, 4) is 5.75 Å². The number of phenols is 1. The van der Waals surface area contributed by atoms with Gasteiger partial charge in [-0.2, -0.15) is 0 Å². The standard InChI is InChI=1S/C34H53N7O10/c1-4-19(2)28(36)32(48)37-20(3)29(45)38-24(14-15-27(43)44)31(47)39-23(8-5-6-16-35)30(46)40-25(18-21-10-12-22(42)13-11-21)33(49)41-17-7-9-26(41)34(50)51/h10-13,19-20,23-26,28,42H,4-9,14-18,35-36H2,1-3H3,(H,37,48)(H,38,45)(H,39,47)(H,40,46)(H,43,44)(H,50,51)/t19-,20-,23-,24-,25-,26-,28-/m0/s1. The molecular weight excluding hydrogens is 666 g/mol. The number of nitrogens with one attached hydrogen (secondary N) is 4. The number of hydrogen-bond acceptors (Lipinski definition) is 10. The van der Waals surface area contributed by atoms with Crippen LogP contribution in [0.15, 0.2) is 24.3 Å². The highest BCUT2D eigenvalue weighted by atomic mass is 16.4. The van der Waals surface area contributed by atoms with Gasteiger partial charge in [-0.3, -0.25) is 28.8 Å². The van der Waals surface area contributed by atoms with Crippen molar-refractivity contribution >= 4 is 41.5 Å². The van der Waals surface area contributed by atoms with E-state index in [1.54, 1.807) is 19.1 Å². The molecule has 5 amide bonds. The van der Waals surface area contributed by atoms with E-state index in [9.17, 15) is 48.9 Å². The second-order valence-electron chi connectivity index (χ2n) is 12.9. The maximum Gasteiger partial charge on any atom is 0.326 e. The van der Waals surface area contributed by atoms with E-state index in [0.29, 0.717) is 31.2 Å². The molecule has 0 radical (unpaired) electrons. The fourth-order valence-corrected chi connectivity index (χ4v) is 5.58. The van der Waals surface area contributed by atoms with Gasteiger partial charge in [0, 0.05) is 19.4 Å². The summed E-state index contributed by atoms with van der Waals surface area (Å²) in [5.41, 5.74) is 12.2. The maximum absolute atomic E-state index is 13.8. The topological polar surface area (TPSA) is 284 Å². The summed E-state index contributed by atoms with van der Waals surface area (Å²) in [4.78, 5) is 91.2. The van der Waals surface area contributed by atoms with E-state index in [1.807, 2.05) is 6.92 Å². The first-order chi connectivity index (χ1) is 24.1. The average molecular weight is 720 g/mol. The quantitative estimate of drug-likeness (QED) is 0.0716. The van der Waals surface area contributed by atoms with E-state index in [2.05, 4.69) is 21.3 Å². The van der Waals surface area contributed by atoms with E-state index in [-0.39, 0.29) is 50.4 Å². The van der Waals surface area contributed by atoms with Crippen LogP contribution in [0.4, 0.5) is 0 Å². The number of carbonyl (C=O) groups excluding carboxylic acids is 5. The average Bonchev–Trinajstić information content (AvgIpc) is 3.59. The summed E-state index contributed by atoms with van der Waals surface area (Å²) in [7, 11) is 0. The zero-order valence-corrected chi connectivity index (χ0v) is 29.4. The van der Waals surface area contributed by atoms with Crippen molar-refractivity contribution in [2.24, 2.45) is 17.4 Å². The van der Waals surface area contributed by atoms with E-state index >= 15 is 0 Å². The van der Waals surface area contributed by atoms with Gasteiger partial charge >= 0.3 is 11.9 Å². The molecule has 1 aliphatic heterocycles. The van der Waals surface area contributed by atoms with Crippen molar-refractivity contribution in [1.82, 2.24) is 26.2 Å². The maximum atomic E-state index is 13.8. The third-order valence-corrected chi connectivity index (χ3v) is 8.98. The molecule has 0 aliphatic carbocycles. The summed E-state index contributed by atoms with van der Waals surface area (Å²) >= 11 is 0. The molecule has 1 aliphatic rings. The van der Waals surface area contributed by atoms with Gasteiger partial charge in [0.05, 0.1) is 6.04 Å². The van der Waals surface area contributed by atoms with Crippen molar-refractivity contribution in [3.63, 3.8) is 0 Å². The normalized spacial score (nSPS) is 17.6. The van der Waals surface area contributed by atoms with Crippen molar-refractivity contribution in [3.05, 3.63) is 29.8 Å². The summed E-state index contributed by atoms with van der Waals surface area (Å²) in [5.74, 6) is -6.24. The SMILES string of the molecule is CC[C@H](C)[C@H](N)C(=O)N[C@@H](C)C(=O)N[C@@H](CCC(=O)O)C(=O)N[C@@H](CCCCN)C(=O)N[C@@H](Cc1ccc(O)cc1)C(=O)N1CCC[C@H]1C(=O)O. The molecule has 0 saturated carbocycles. The van der Waals surface area contributed by atoms with Gasteiger partial charge in [0.25, 0.3) is 0 Å². The minimum absolute atomic E-state index is 0.0187. The number of hydrogen-bond donors (Lipinski definition) is 9. The van der Waals surface area contributed by atoms with Gasteiger partial charge in [-0.05, 0) is 75.6 Å². The Morgan fingerprint density at radius 3 is 2.00 bits per heavy atom. The highest BCUT2D eigenvalue weighted by Crippen LogP contribution is 2.21. The van der Waals surface area contributed by atoms with Gasteiger partial charge in [0.2, 0.25) is 29.5 Å². The van der Waals surface area contributed by atoms with Crippen LogP contribution in [-0.2, 0) is 40.0 Å². The first-order valence-electron chi connectivity index (χ1n) is 17.3. The van der Waals surface area contributed by atoms with Gasteiger partial charge in [-0.25, -0.2) is 4.79 Å². The van der Waals surface area contributed by atoms with E-state index in [4.69, 9.17) is 11.5 Å². The molecule has 1 aromatic carbocycles. The van der Waals surface area contributed by atoms with Crippen LogP contribution in [0.5, 0.6) is 5.75 Å². The van der Waals surface area contributed by atoms with Crippen molar-refractivity contribution in [2.45, 2.75) is 115 Å². The lowest BCUT2D eigenvalue weighted by Crippen LogP contribution is -2.59. The fourth-order valence-electron chi connectivity index (χ4n) is 5.58. The van der Waals surface area contributed by atoms with E-state index < -0.39 is 84.1 Å². The number of carboxylic acid groups (broad SMARTS) is 2. The monoisotopic (exact) mass is 719 g/mol. The van der Waals surface area contributed by atoms with E-state index in [1.165, 1.54) is 24.0 Å². The smallest absolute Gasteiger partial charge is 0.326 e. The minimum atomic E-state index is -1.42. The zero-order chi connectivity index (χ0) is 38.2. The third kappa shape index (κ3) is 13.5. The van der Waals surface area contributed by atoms with Gasteiger partial charge in [0.15, 0.2) is 0 Å². The minimum Gasteiger partial charge on any atom is -0.508 e. The van der Waals surface area contributed by atoms with Gasteiger partial charge in [-0.15, -0.1) is 0 Å².